The van der Waals surface area contributed by atoms with Crippen molar-refractivity contribution < 1.29 is 14.7 Å². The van der Waals surface area contributed by atoms with Gasteiger partial charge in [-0.25, -0.2) is 0 Å². The van der Waals surface area contributed by atoms with Gasteiger partial charge in [-0.2, -0.15) is 0 Å². The zero-order chi connectivity index (χ0) is 15.4. The van der Waals surface area contributed by atoms with Gasteiger partial charge in [-0.15, -0.1) is 0 Å². The molecule has 0 aromatic heterocycles. The molecule has 0 spiro atoms. The first kappa shape index (κ1) is 16.3. The van der Waals surface area contributed by atoms with E-state index in [0.717, 1.165) is 19.4 Å². The molecule has 21 heavy (non-hydrogen) atoms. The van der Waals surface area contributed by atoms with Gasteiger partial charge < -0.3 is 10.0 Å². The molecule has 0 saturated heterocycles. The summed E-state index contributed by atoms with van der Waals surface area (Å²) in [4.78, 5) is 25.9. The Morgan fingerprint density at radius 1 is 1.05 bits per heavy atom. The van der Waals surface area contributed by atoms with Gasteiger partial charge in [0.25, 0.3) is 0 Å². The summed E-state index contributed by atoms with van der Waals surface area (Å²) in [5.41, 5.74) is 0. The fourth-order valence-electron chi connectivity index (χ4n) is 4.15. The first-order chi connectivity index (χ1) is 10.0. The van der Waals surface area contributed by atoms with Crippen molar-refractivity contribution in [2.45, 2.75) is 58.3 Å². The van der Waals surface area contributed by atoms with Crippen molar-refractivity contribution in [2.24, 2.45) is 23.7 Å². The fourth-order valence-corrected chi connectivity index (χ4v) is 4.15. The Hall–Kier alpha value is -1.06. The molecule has 3 unspecified atom stereocenters. The zero-order valence-electron chi connectivity index (χ0n) is 13.4. The number of carboxylic acid groups (broad SMARTS) is 1. The molecule has 0 aromatic rings. The maximum atomic E-state index is 12.7. The Kier molecular flexibility index (Phi) is 5.65. The Morgan fingerprint density at radius 2 is 1.67 bits per heavy atom. The molecular formula is C17H29NO3. The minimum Gasteiger partial charge on any atom is -0.481 e. The van der Waals surface area contributed by atoms with E-state index in [1.165, 1.54) is 32.1 Å². The second kappa shape index (κ2) is 7.28. The molecule has 2 saturated carbocycles. The van der Waals surface area contributed by atoms with E-state index in [1.807, 2.05) is 11.9 Å². The van der Waals surface area contributed by atoms with E-state index in [-0.39, 0.29) is 11.8 Å². The summed E-state index contributed by atoms with van der Waals surface area (Å²) in [6.45, 7) is 2.89. The SMILES string of the molecule is CCC1CC(C(=O)O)C(C(=O)N(C)CC2CCCCC2)C1. The summed E-state index contributed by atoms with van der Waals surface area (Å²) >= 11 is 0. The van der Waals surface area contributed by atoms with Crippen LogP contribution in [0.5, 0.6) is 0 Å². The predicted molar refractivity (Wildman–Crippen MR) is 81.8 cm³/mol. The first-order valence-electron chi connectivity index (χ1n) is 8.50. The smallest absolute Gasteiger partial charge is 0.307 e. The van der Waals surface area contributed by atoms with Crippen molar-refractivity contribution in [1.82, 2.24) is 4.90 Å². The Labute approximate surface area is 127 Å². The van der Waals surface area contributed by atoms with Crippen molar-refractivity contribution in [1.29, 1.82) is 0 Å². The standard InChI is InChI=1S/C17H29NO3/c1-3-12-9-14(15(10-12)17(20)21)16(19)18(2)11-13-7-5-4-6-8-13/h12-15H,3-11H2,1-2H3,(H,20,21). The number of amides is 1. The largest absolute Gasteiger partial charge is 0.481 e. The molecule has 2 rings (SSSR count). The Bertz CT molecular complexity index is 376. The second-order valence-electron chi connectivity index (χ2n) is 7.02. The van der Waals surface area contributed by atoms with E-state index in [0.29, 0.717) is 18.3 Å². The number of rotatable bonds is 5. The summed E-state index contributed by atoms with van der Waals surface area (Å²) in [5, 5.41) is 9.38. The minimum absolute atomic E-state index is 0.0592. The molecule has 1 amide bonds. The third kappa shape index (κ3) is 3.98. The highest BCUT2D eigenvalue weighted by molar-refractivity contribution is 5.85. The lowest BCUT2D eigenvalue weighted by Gasteiger charge is -2.29. The molecule has 4 heteroatoms. The quantitative estimate of drug-likeness (QED) is 0.847. The molecule has 0 radical (unpaired) electrons. The van der Waals surface area contributed by atoms with E-state index >= 15 is 0 Å². The lowest BCUT2D eigenvalue weighted by Crippen LogP contribution is -2.39. The number of aliphatic carboxylic acids is 1. The summed E-state index contributed by atoms with van der Waals surface area (Å²) in [6, 6.07) is 0. The van der Waals surface area contributed by atoms with E-state index in [2.05, 4.69) is 6.92 Å². The molecule has 3 atom stereocenters. The van der Waals surface area contributed by atoms with Crippen LogP contribution in [-0.4, -0.2) is 35.5 Å². The van der Waals surface area contributed by atoms with Crippen LogP contribution in [0, 0.1) is 23.7 Å². The molecule has 0 aromatic carbocycles. The molecule has 0 heterocycles. The van der Waals surface area contributed by atoms with Gasteiger partial charge in [0.15, 0.2) is 0 Å². The van der Waals surface area contributed by atoms with Crippen LogP contribution in [0.2, 0.25) is 0 Å². The van der Waals surface area contributed by atoms with Crippen LogP contribution in [0.1, 0.15) is 58.3 Å². The third-order valence-corrected chi connectivity index (χ3v) is 5.51. The first-order valence-corrected chi connectivity index (χ1v) is 8.50. The zero-order valence-corrected chi connectivity index (χ0v) is 13.4. The van der Waals surface area contributed by atoms with Crippen molar-refractivity contribution in [3.63, 3.8) is 0 Å². The monoisotopic (exact) mass is 295 g/mol. The molecule has 0 bridgehead atoms. The lowest BCUT2D eigenvalue weighted by molar-refractivity contribution is -0.148. The van der Waals surface area contributed by atoms with Crippen molar-refractivity contribution in [3.8, 4) is 0 Å². The predicted octanol–water partition coefficient (Wildman–Crippen LogP) is 3.16. The average Bonchev–Trinajstić information content (AvgIpc) is 2.92. The van der Waals surface area contributed by atoms with Crippen LogP contribution < -0.4 is 0 Å². The van der Waals surface area contributed by atoms with Gasteiger partial charge in [0, 0.05) is 13.6 Å². The summed E-state index contributed by atoms with van der Waals surface area (Å²) in [5.74, 6) is -0.515. The van der Waals surface area contributed by atoms with Crippen molar-refractivity contribution >= 4 is 11.9 Å². The summed E-state index contributed by atoms with van der Waals surface area (Å²) in [7, 11) is 1.86. The fraction of sp³-hybridized carbons (Fsp3) is 0.882. The molecule has 2 fully saturated rings. The highest BCUT2D eigenvalue weighted by Gasteiger charge is 2.43. The molecule has 0 aliphatic heterocycles. The van der Waals surface area contributed by atoms with Gasteiger partial charge >= 0.3 is 5.97 Å². The average molecular weight is 295 g/mol. The van der Waals surface area contributed by atoms with Crippen LogP contribution in [0.3, 0.4) is 0 Å². The maximum Gasteiger partial charge on any atom is 0.307 e. The Morgan fingerprint density at radius 3 is 2.24 bits per heavy atom. The topological polar surface area (TPSA) is 57.6 Å². The van der Waals surface area contributed by atoms with Crippen LogP contribution in [0.15, 0.2) is 0 Å². The molecule has 2 aliphatic rings. The molecule has 2 aliphatic carbocycles. The number of hydrogen-bond donors (Lipinski definition) is 1. The molecule has 120 valence electrons. The summed E-state index contributed by atoms with van der Waals surface area (Å²) < 4.78 is 0. The molecular weight excluding hydrogens is 266 g/mol. The van der Waals surface area contributed by atoms with Gasteiger partial charge in [0.05, 0.1) is 11.8 Å². The number of carbonyl (C=O) groups excluding carboxylic acids is 1. The maximum absolute atomic E-state index is 12.7. The van der Waals surface area contributed by atoms with Crippen LogP contribution in [-0.2, 0) is 9.59 Å². The van der Waals surface area contributed by atoms with E-state index in [4.69, 9.17) is 0 Å². The summed E-state index contributed by atoms with van der Waals surface area (Å²) in [6.07, 6.45) is 8.67. The van der Waals surface area contributed by atoms with Gasteiger partial charge in [-0.05, 0) is 37.5 Å². The van der Waals surface area contributed by atoms with Crippen molar-refractivity contribution in [2.75, 3.05) is 13.6 Å². The number of carboxylic acids is 1. The van der Waals surface area contributed by atoms with Crippen molar-refractivity contribution in [3.05, 3.63) is 0 Å². The van der Waals surface area contributed by atoms with Crippen LogP contribution in [0.4, 0.5) is 0 Å². The number of nitrogens with zero attached hydrogens (tertiary/aromatic N) is 1. The normalized spacial score (nSPS) is 30.3. The van der Waals surface area contributed by atoms with E-state index in [9.17, 15) is 14.7 Å². The molecule has 4 nitrogen and oxygen atoms in total. The van der Waals surface area contributed by atoms with Gasteiger partial charge in [0.2, 0.25) is 5.91 Å². The van der Waals surface area contributed by atoms with Gasteiger partial charge in [0.1, 0.15) is 0 Å². The number of carbonyl (C=O) groups is 2. The Balaban J connectivity index is 1.94. The molecule has 1 N–H and O–H groups in total. The van der Waals surface area contributed by atoms with E-state index < -0.39 is 11.9 Å². The van der Waals surface area contributed by atoms with Gasteiger partial charge in [-0.3, -0.25) is 9.59 Å². The van der Waals surface area contributed by atoms with Crippen LogP contribution in [0.25, 0.3) is 0 Å². The lowest BCUT2D eigenvalue weighted by atomic mass is 9.88. The van der Waals surface area contributed by atoms with Crippen LogP contribution >= 0.6 is 0 Å². The number of hydrogen-bond acceptors (Lipinski definition) is 2. The minimum atomic E-state index is -0.796. The van der Waals surface area contributed by atoms with Gasteiger partial charge in [-0.1, -0.05) is 32.6 Å². The highest BCUT2D eigenvalue weighted by atomic mass is 16.4. The second-order valence-corrected chi connectivity index (χ2v) is 7.02. The third-order valence-electron chi connectivity index (χ3n) is 5.51. The van der Waals surface area contributed by atoms with E-state index in [1.54, 1.807) is 0 Å². The highest BCUT2D eigenvalue weighted by Crippen LogP contribution is 2.39.